The van der Waals surface area contributed by atoms with E-state index in [1.165, 1.54) is 17.0 Å². The first-order valence-corrected chi connectivity index (χ1v) is 13.4. The number of aromatic carboxylic acids is 1. The van der Waals surface area contributed by atoms with Crippen molar-refractivity contribution in [2.45, 2.75) is 11.3 Å². The van der Waals surface area contributed by atoms with Crippen LogP contribution in [0.2, 0.25) is 0 Å². The number of aliphatic imine (C=N–C) groups is 1. The van der Waals surface area contributed by atoms with Gasteiger partial charge in [-0.15, -0.1) is 0 Å². The summed E-state index contributed by atoms with van der Waals surface area (Å²) in [6, 6.07) is 29.6. The minimum atomic E-state index is -1.04. The minimum Gasteiger partial charge on any atom is -0.478 e. The molecule has 0 spiro atoms. The number of amides is 2. The number of imide groups is 1. The van der Waals surface area contributed by atoms with Crippen LogP contribution in [0.5, 0.6) is 0 Å². The van der Waals surface area contributed by atoms with Crippen LogP contribution in [0, 0.1) is 11.8 Å². The smallest absolute Gasteiger partial charge is 0.335 e. The highest BCUT2D eigenvalue weighted by atomic mass is 79.9. The molecule has 7 heteroatoms. The van der Waals surface area contributed by atoms with Gasteiger partial charge in [-0.1, -0.05) is 70.5 Å². The summed E-state index contributed by atoms with van der Waals surface area (Å²) in [6.07, 6.45) is 1.77. The lowest BCUT2D eigenvalue weighted by Crippen LogP contribution is -2.54. The summed E-state index contributed by atoms with van der Waals surface area (Å²) in [4.78, 5) is 46.2. The highest BCUT2D eigenvalue weighted by Gasteiger charge is 2.67. The first kappa shape index (κ1) is 23.7. The van der Waals surface area contributed by atoms with Gasteiger partial charge >= 0.3 is 5.97 Å². The van der Waals surface area contributed by atoms with Crippen LogP contribution in [0.25, 0.3) is 0 Å². The van der Waals surface area contributed by atoms with Crippen molar-refractivity contribution in [2.24, 2.45) is 16.8 Å². The fourth-order valence-corrected chi connectivity index (χ4v) is 7.05. The van der Waals surface area contributed by atoms with Gasteiger partial charge in [-0.2, -0.15) is 0 Å². The van der Waals surface area contributed by atoms with Crippen molar-refractivity contribution in [1.82, 2.24) is 0 Å². The van der Waals surface area contributed by atoms with Gasteiger partial charge in [0.25, 0.3) is 0 Å². The molecule has 6 nitrogen and oxygen atoms in total. The van der Waals surface area contributed by atoms with Crippen LogP contribution in [0.4, 0.5) is 11.4 Å². The number of benzene rings is 4. The van der Waals surface area contributed by atoms with Gasteiger partial charge in [0.2, 0.25) is 11.8 Å². The third kappa shape index (κ3) is 3.26. The molecule has 2 bridgehead atoms. The molecule has 2 atom stereocenters. The topological polar surface area (TPSA) is 87.0 Å². The summed E-state index contributed by atoms with van der Waals surface area (Å²) in [5.41, 5.74) is 4.05. The Hall–Kier alpha value is -4.36. The number of rotatable bonds is 4. The molecule has 0 saturated carbocycles. The van der Waals surface area contributed by atoms with Crippen LogP contribution in [0.1, 0.15) is 38.5 Å². The van der Waals surface area contributed by atoms with E-state index in [1.807, 2.05) is 60.7 Å². The third-order valence-electron chi connectivity index (χ3n) is 8.28. The normalized spacial score (nSPS) is 24.5. The monoisotopic (exact) mass is 576 g/mol. The molecule has 0 radical (unpaired) electrons. The molecular weight excluding hydrogens is 556 g/mol. The van der Waals surface area contributed by atoms with Gasteiger partial charge in [-0.3, -0.25) is 14.6 Å². The zero-order valence-electron chi connectivity index (χ0n) is 20.5. The molecule has 4 aromatic carbocycles. The van der Waals surface area contributed by atoms with E-state index in [2.05, 4.69) is 15.9 Å². The van der Waals surface area contributed by atoms with Gasteiger partial charge in [0.05, 0.1) is 34.2 Å². The van der Waals surface area contributed by atoms with Crippen molar-refractivity contribution in [3.05, 3.63) is 129 Å². The van der Waals surface area contributed by atoms with E-state index in [-0.39, 0.29) is 23.3 Å². The Morgan fingerprint density at radius 1 is 0.846 bits per heavy atom. The van der Waals surface area contributed by atoms with E-state index < -0.39 is 23.2 Å². The number of carbonyl (C=O) groups is 3. The maximum atomic E-state index is 14.4. The maximum Gasteiger partial charge on any atom is 0.335 e. The molecule has 39 heavy (non-hydrogen) atoms. The number of carboxylic acid groups (broad SMARTS) is 1. The van der Waals surface area contributed by atoms with Crippen molar-refractivity contribution in [1.29, 1.82) is 0 Å². The van der Waals surface area contributed by atoms with Gasteiger partial charge in [-0.05, 0) is 64.7 Å². The minimum absolute atomic E-state index is 0.127. The average molecular weight is 577 g/mol. The standard InChI is InChI=1S/C32H21BrN2O4/c33-19-12-14-21(15-13-19)35-29(36)27-26-22-8-1-3-10-24(22)32(28(27)30(35)37,25-11-4-2-9-23(25)26)17-34-20-7-5-6-18(16-20)31(38)39/h1-17,26-28H,(H,38,39)/t26?,27-,28-,32?/m0/s1. The van der Waals surface area contributed by atoms with Gasteiger partial charge < -0.3 is 5.11 Å². The van der Waals surface area contributed by atoms with E-state index in [0.29, 0.717) is 11.4 Å². The highest BCUT2D eigenvalue weighted by Crippen LogP contribution is 2.63. The van der Waals surface area contributed by atoms with Crippen molar-refractivity contribution in [3.63, 3.8) is 0 Å². The largest absolute Gasteiger partial charge is 0.478 e. The molecular formula is C32H21BrN2O4. The van der Waals surface area contributed by atoms with Gasteiger partial charge in [0.1, 0.15) is 0 Å². The van der Waals surface area contributed by atoms with Crippen LogP contribution in [0.3, 0.4) is 0 Å². The molecule has 0 aromatic heterocycles. The summed E-state index contributed by atoms with van der Waals surface area (Å²) >= 11 is 3.44. The predicted molar refractivity (Wildman–Crippen MR) is 151 cm³/mol. The molecule has 1 N–H and O–H groups in total. The molecule has 8 rings (SSSR count). The Morgan fingerprint density at radius 3 is 2.13 bits per heavy atom. The second-order valence-corrected chi connectivity index (χ2v) is 11.0. The van der Waals surface area contributed by atoms with Crippen LogP contribution in [0.15, 0.2) is 107 Å². The predicted octanol–water partition coefficient (Wildman–Crippen LogP) is 6.10. The van der Waals surface area contributed by atoms with Crippen LogP contribution < -0.4 is 4.90 Å². The summed E-state index contributed by atoms with van der Waals surface area (Å²) in [5.74, 6) is -3.07. The van der Waals surface area contributed by atoms with E-state index >= 15 is 0 Å². The molecule has 1 aliphatic heterocycles. The Morgan fingerprint density at radius 2 is 1.49 bits per heavy atom. The lowest BCUT2D eigenvalue weighted by molar-refractivity contribution is -0.122. The fourth-order valence-electron chi connectivity index (χ4n) is 6.79. The second kappa shape index (κ2) is 8.58. The Bertz CT molecular complexity index is 1680. The number of carboxylic acids is 1. The summed E-state index contributed by atoms with van der Waals surface area (Å²) in [7, 11) is 0. The number of carbonyl (C=O) groups excluding carboxylic acids is 2. The van der Waals surface area contributed by atoms with Gasteiger partial charge in [0.15, 0.2) is 0 Å². The zero-order valence-corrected chi connectivity index (χ0v) is 22.1. The zero-order chi connectivity index (χ0) is 26.9. The molecule has 0 unspecified atom stereocenters. The highest BCUT2D eigenvalue weighted by molar-refractivity contribution is 9.10. The van der Waals surface area contributed by atoms with Crippen LogP contribution >= 0.6 is 15.9 Å². The second-order valence-electron chi connectivity index (χ2n) is 10.1. The molecule has 1 fully saturated rings. The van der Waals surface area contributed by atoms with E-state index in [0.717, 1.165) is 26.7 Å². The van der Waals surface area contributed by atoms with Crippen molar-refractivity contribution < 1.29 is 19.5 Å². The Labute approximate surface area is 232 Å². The number of hydrogen-bond acceptors (Lipinski definition) is 4. The quantitative estimate of drug-likeness (QED) is 0.235. The Kier molecular flexibility index (Phi) is 5.22. The summed E-state index contributed by atoms with van der Waals surface area (Å²) < 4.78 is 0.856. The molecule has 4 aliphatic rings. The fraction of sp³-hybridized carbons (Fsp3) is 0.125. The van der Waals surface area contributed by atoms with E-state index in [1.54, 1.807) is 30.5 Å². The SMILES string of the molecule is O=C(O)c1cccc(N=CC23c4ccccc4C(c4ccccc42)[C@@H]2C(=O)N(c4ccc(Br)cc4)C(=O)[C@H]23)c1. The summed E-state index contributed by atoms with van der Waals surface area (Å²) in [6.45, 7) is 0. The average Bonchev–Trinajstić information content (AvgIpc) is 3.23. The van der Waals surface area contributed by atoms with Gasteiger partial charge in [-0.25, -0.2) is 9.69 Å². The first-order valence-electron chi connectivity index (χ1n) is 12.6. The van der Waals surface area contributed by atoms with Crippen molar-refractivity contribution in [3.8, 4) is 0 Å². The van der Waals surface area contributed by atoms with E-state index in [4.69, 9.17) is 4.99 Å². The lowest BCUT2D eigenvalue weighted by atomic mass is 9.47. The number of anilines is 1. The van der Waals surface area contributed by atoms with Crippen LogP contribution in [-0.4, -0.2) is 29.1 Å². The van der Waals surface area contributed by atoms with Crippen molar-refractivity contribution >= 4 is 51.3 Å². The molecule has 4 aromatic rings. The lowest BCUT2D eigenvalue weighted by Gasteiger charge is -2.52. The van der Waals surface area contributed by atoms with Crippen LogP contribution in [-0.2, 0) is 15.0 Å². The number of hydrogen-bond donors (Lipinski definition) is 1. The molecule has 190 valence electrons. The van der Waals surface area contributed by atoms with Crippen molar-refractivity contribution in [2.75, 3.05) is 4.90 Å². The molecule has 2 amide bonds. The number of halogens is 1. The third-order valence-corrected chi connectivity index (χ3v) is 8.81. The van der Waals surface area contributed by atoms with Gasteiger partial charge in [0, 0.05) is 16.6 Å². The molecule has 3 aliphatic carbocycles. The summed E-state index contributed by atoms with van der Waals surface area (Å²) in [5, 5.41) is 9.49. The maximum absolute atomic E-state index is 14.4. The number of nitrogens with zero attached hydrogens (tertiary/aromatic N) is 2. The Balaban J connectivity index is 1.48. The molecule has 1 heterocycles. The first-order chi connectivity index (χ1) is 18.9. The van der Waals surface area contributed by atoms with E-state index in [9.17, 15) is 19.5 Å². The molecule has 1 saturated heterocycles.